The van der Waals surface area contributed by atoms with E-state index in [-0.39, 0.29) is 11.8 Å². The van der Waals surface area contributed by atoms with Crippen molar-refractivity contribution in [2.75, 3.05) is 5.32 Å². The Hall–Kier alpha value is -3.41. The molecule has 6 nitrogen and oxygen atoms in total. The number of nitrogens with zero attached hydrogens (tertiary/aromatic N) is 2. The molecular weight excluding hydrogens is 316 g/mol. The van der Waals surface area contributed by atoms with Crippen molar-refractivity contribution in [2.24, 2.45) is 0 Å². The van der Waals surface area contributed by atoms with Crippen molar-refractivity contribution in [1.29, 1.82) is 0 Å². The van der Waals surface area contributed by atoms with Crippen molar-refractivity contribution < 1.29 is 9.59 Å². The normalized spacial score (nSPS) is 10.3. The smallest absolute Gasteiger partial charge is 0.319 e. The molecule has 3 rings (SSSR count). The van der Waals surface area contributed by atoms with Crippen LogP contribution in [0.25, 0.3) is 5.69 Å². The van der Waals surface area contributed by atoms with Crippen molar-refractivity contribution in [3.05, 3.63) is 78.1 Å². The second kappa shape index (κ2) is 7.44. The fourth-order valence-corrected chi connectivity index (χ4v) is 2.36. The highest BCUT2D eigenvalue weighted by Gasteiger charge is 2.05. The van der Waals surface area contributed by atoms with E-state index in [0.717, 1.165) is 11.3 Å². The van der Waals surface area contributed by atoms with Gasteiger partial charge in [0.2, 0.25) is 0 Å². The highest BCUT2D eigenvalue weighted by molar-refractivity contribution is 5.96. The van der Waals surface area contributed by atoms with E-state index in [0.29, 0.717) is 17.8 Å². The van der Waals surface area contributed by atoms with Gasteiger partial charge in [-0.05, 0) is 42.8 Å². The van der Waals surface area contributed by atoms with Crippen LogP contribution in [0.5, 0.6) is 0 Å². The number of Topliss-reactive ketones (excluding diaryl/α,β-unsaturated/α-hetero) is 1. The van der Waals surface area contributed by atoms with Gasteiger partial charge in [-0.1, -0.05) is 24.3 Å². The molecule has 0 fully saturated rings. The number of rotatable bonds is 5. The van der Waals surface area contributed by atoms with Gasteiger partial charge in [-0.25, -0.2) is 9.48 Å². The lowest BCUT2D eigenvalue weighted by Crippen LogP contribution is -2.28. The first-order chi connectivity index (χ1) is 12.1. The van der Waals surface area contributed by atoms with Crippen LogP contribution in [-0.4, -0.2) is 21.6 Å². The number of hydrogen-bond donors (Lipinski definition) is 2. The molecule has 0 saturated carbocycles. The third-order valence-corrected chi connectivity index (χ3v) is 3.69. The van der Waals surface area contributed by atoms with Crippen LogP contribution in [0.2, 0.25) is 0 Å². The number of amides is 2. The minimum atomic E-state index is -0.322. The maximum atomic E-state index is 12.0. The second-order valence-electron chi connectivity index (χ2n) is 5.56. The summed E-state index contributed by atoms with van der Waals surface area (Å²) in [5, 5.41) is 9.69. The van der Waals surface area contributed by atoms with Crippen LogP contribution in [0.4, 0.5) is 10.5 Å². The van der Waals surface area contributed by atoms with Crippen molar-refractivity contribution in [2.45, 2.75) is 13.5 Å². The summed E-state index contributed by atoms with van der Waals surface area (Å²) in [7, 11) is 0. The SMILES string of the molecule is CC(=O)c1cccc(NC(=O)NCc2ccc(-n3cccn3)cc2)c1. The zero-order valence-corrected chi connectivity index (χ0v) is 13.8. The Bertz CT molecular complexity index is 871. The van der Waals surface area contributed by atoms with E-state index in [9.17, 15) is 9.59 Å². The van der Waals surface area contributed by atoms with Crippen LogP contribution in [0.3, 0.4) is 0 Å². The number of nitrogens with one attached hydrogen (secondary N) is 2. The molecule has 1 aromatic heterocycles. The summed E-state index contributed by atoms with van der Waals surface area (Å²) >= 11 is 0. The van der Waals surface area contributed by atoms with Crippen LogP contribution < -0.4 is 10.6 Å². The molecule has 2 N–H and O–H groups in total. The summed E-state index contributed by atoms with van der Waals surface area (Å²) in [6, 6.07) is 16.1. The fourth-order valence-electron chi connectivity index (χ4n) is 2.36. The van der Waals surface area contributed by atoms with Gasteiger partial charge in [0.1, 0.15) is 0 Å². The second-order valence-corrected chi connectivity index (χ2v) is 5.56. The van der Waals surface area contributed by atoms with Crippen LogP contribution in [0, 0.1) is 0 Å². The van der Waals surface area contributed by atoms with Gasteiger partial charge in [0.25, 0.3) is 0 Å². The van der Waals surface area contributed by atoms with Crippen LogP contribution >= 0.6 is 0 Å². The van der Waals surface area contributed by atoms with Gasteiger partial charge in [-0.2, -0.15) is 5.10 Å². The maximum Gasteiger partial charge on any atom is 0.319 e. The third-order valence-electron chi connectivity index (χ3n) is 3.69. The molecule has 0 atom stereocenters. The van der Waals surface area contributed by atoms with E-state index in [4.69, 9.17) is 0 Å². The van der Waals surface area contributed by atoms with Gasteiger partial charge in [-0.15, -0.1) is 0 Å². The van der Waals surface area contributed by atoms with Gasteiger partial charge >= 0.3 is 6.03 Å². The number of hydrogen-bond acceptors (Lipinski definition) is 3. The lowest BCUT2D eigenvalue weighted by Gasteiger charge is -2.09. The van der Waals surface area contributed by atoms with E-state index < -0.39 is 0 Å². The molecule has 0 aliphatic heterocycles. The molecule has 0 aliphatic rings. The summed E-state index contributed by atoms with van der Waals surface area (Å²) in [5.41, 5.74) is 3.08. The Morgan fingerprint density at radius 2 is 1.88 bits per heavy atom. The number of benzene rings is 2. The Kier molecular flexibility index (Phi) is 4.89. The molecule has 0 aliphatic carbocycles. The van der Waals surface area contributed by atoms with Crippen molar-refractivity contribution in [1.82, 2.24) is 15.1 Å². The van der Waals surface area contributed by atoms with Crippen molar-refractivity contribution in [3.63, 3.8) is 0 Å². The summed E-state index contributed by atoms with van der Waals surface area (Å²) in [5.74, 6) is -0.0404. The molecule has 6 heteroatoms. The average molecular weight is 334 g/mol. The van der Waals surface area contributed by atoms with Gasteiger partial charge < -0.3 is 10.6 Å². The van der Waals surface area contributed by atoms with Gasteiger partial charge in [0.05, 0.1) is 5.69 Å². The lowest BCUT2D eigenvalue weighted by molar-refractivity contribution is 0.101. The zero-order chi connectivity index (χ0) is 17.6. The summed E-state index contributed by atoms with van der Waals surface area (Å²) in [4.78, 5) is 23.4. The first-order valence-electron chi connectivity index (χ1n) is 7.86. The molecule has 0 unspecified atom stereocenters. The molecule has 0 saturated heterocycles. The van der Waals surface area contributed by atoms with Crippen molar-refractivity contribution >= 4 is 17.5 Å². The quantitative estimate of drug-likeness (QED) is 0.702. The number of urea groups is 1. The molecule has 3 aromatic rings. The molecule has 25 heavy (non-hydrogen) atoms. The minimum Gasteiger partial charge on any atom is -0.334 e. The number of anilines is 1. The maximum absolute atomic E-state index is 12.0. The monoisotopic (exact) mass is 334 g/mol. The molecule has 2 amide bonds. The average Bonchev–Trinajstić information content (AvgIpc) is 3.15. The van der Waals surface area contributed by atoms with Gasteiger partial charge in [0.15, 0.2) is 5.78 Å². The Morgan fingerprint density at radius 1 is 1.08 bits per heavy atom. The predicted molar refractivity (Wildman–Crippen MR) is 95.9 cm³/mol. The zero-order valence-electron chi connectivity index (χ0n) is 13.8. The molecule has 0 radical (unpaired) electrons. The van der Waals surface area contributed by atoms with E-state index in [1.54, 1.807) is 35.1 Å². The molecule has 1 heterocycles. The van der Waals surface area contributed by atoms with Crippen LogP contribution in [-0.2, 0) is 6.54 Å². The first kappa shape index (κ1) is 16.4. The first-order valence-corrected chi connectivity index (χ1v) is 7.86. The summed E-state index contributed by atoms with van der Waals surface area (Å²) < 4.78 is 1.77. The van der Waals surface area contributed by atoms with Gasteiger partial charge in [-0.3, -0.25) is 4.79 Å². The lowest BCUT2D eigenvalue weighted by atomic mass is 10.1. The minimum absolute atomic E-state index is 0.0404. The largest absolute Gasteiger partial charge is 0.334 e. The molecule has 126 valence electrons. The topological polar surface area (TPSA) is 76.0 Å². The Balaban J connectivity index is 1.55. The Labute approximate surface area is 145 Å². The fraction of sp³-hybridized carbons (Fsp3) is 0.105. The predicted octanol–water partition coefficient (Wildman–Crippen LogP) is 3.40. The summed E-state index contributed by atoms with van der Waals surface area (Å²) in [6.07, 6.45) is 3.59. The molecule has 0 spiro atoms. The third kappa shape index (κ3) is 4.32. The van der Waals surface area contributed by atoms with Crippen molar-refractivity contribution in [3.8, 4) is 5.69 Å². The number of ketones is 1. The number of aromatic nitrogens is 2. The standard InChI is InChI=1S/C19H18N4O2/c1-14(24)16-4-2-5-17(12-16)22-19(25)20-13-15-6-8-18(9-7-15)23-11-3-10-21-23/h2-12H,13H2,1H3,(H2,20,22,25). The summed E-state index contributed by atoms with van der Waals surface area (Å²) in [6.45, 7) is 1.89. The molecule has 2 aromatic carbocycles. The van der Waals surface area contributed by atoms with Gasteiger partial charge in [0, 0.05) is 30.2 Å². The van der Waals surface area contributed by atoms with E-state index in [1.165, 1.54) is 6.92 Å². The highest BCUT2D eigenvalue weighted by atomic mass is 16.2. The molecular formula is C19H18N4O2. The van der Waals surface area contributed by atoms with E-state index >= 15 is 0 Å². The number of carbonyl (C=O) groups excluding carboxylic acids is 2. The highest BCUT2D eigenvalue weighted by Crippen LogP contribution is 2.11. The number of carbonyl (C=O) groups is 2. The Morgan fingerprint density at radius 3 is 2.56 bits per heavy atom. The van der Waals surface area contributed by atoms with Crippen LogP contribution in [0.15, 0.2) is 67.0 Å². The van der Waals surface area contributed by atoms with E-state index in [2.05, 4.69) is 15.7 Å². The van der Waals surface area contributed by atoms with E-state index in [1.807, 2.05) is 36.5 Å². The van der Waals surface area contributed by atoms with Crippen LogP contribution in [0.1, 0.15) is 22.8 Å². The molecule has 0 bridgehead atoms.